The highest BCUT2D eigenvalue weighted by Gasteiger charge is 2.48. The summed E-state index contributed by atoms with van der Waals surface area (Å²) in [5.41, 5.74) is -0.544. The highest BCUT2D eigenvalue weighted by atomic mass is 19.4. The van der Waals surface area contributed by atoms with Gasteiger partial charge < -0.3 is 10.2 Å². The van der Waals surface area contributed by atoms with Gasteiger partial charge in [0.25, 0.3) is 0 Å². The molecule has 0 aromatic carbocycles. The van der Waals surface area contributed by atoms with Gasteiger partial charge in [0.05, 0.1) is 0 Å². The van der Waals surface area contributed by atoms with E-state index in [2.05, 4.69) is 33.9 Å². The van der Waals surface area contributed by atoms with Gasteiger partial charge in [0, 0.05) is 50.4 Å². The van der Waals surface area contributed by atoms with Gasteiger partial charge in [0.2, 0.25) is 5.91 Å². The third-order valence-electron chi connectivity index (χ3n) is 6.21. The lowest BCUT2D eigenvalue weighted by Crippen LogP contribution is -2.54. The number of piperazine rings is 1. The Bertz CT molecular complexity index is 711. The van der Waals surface area contributed by atoms with Crippen molar-refractivity contribution in [1.29, 1.82) is 0 Å². The van der Waals surface area contributed by atoms with Crippen LogP contribution < -0.4 is 5.32 Å². The van der Waals surface area contributed by atoms with E-state index in [1.165, 1.54) is 18.6 Å². The maximum Gasteiger partial charge on any atom is 0.433 e. The first-order valence-corrected chi connectivity index (χ1v) is 11.0. The monoisotopic (exact) mass is 426 g/mol. The molecule has 5 nitrogen and oxygen atoms in total. The Morgan fingerprint density at radius 2 is 1.90 bits per heavy atom. The van der Waals surface area contributed by atoms with E-state index in [4.69, 9.17) is 0 Å². The molecule has 0 atom stereocenters. The van der Waals surface area contributed by atoms with Crippen LogP contribution in [0.1, 0.15) is 50.9 Å². The first-order chi connectivity index (χ1) is 14.2. The lowest BCUT2D eigenvalue weighted by molar-refractivity contribution is -0.141. The van der Waals surface area contributed by atoms with Crippen molar-refractivity contribution in [1.82, 2.24) is 20.1 Å². The van der Waals surface area contributed by atoms with Gasteiger partial charge in [0.1, 0.15) is 5.69 Å². The van der Waals surface area contributed by atoms with E-state index in [0.29, 0.717) is 12.2 Å². The van der Waals surface area contributed by atoms with Crippen molar-refractivity contribution >= 4 is 5.91 Å². The summed E-state index contributed by atoms with van der Waals surface area (Å²) in [6, 6.07) is 3.82. The predicted octanol–water partition coefficient (Wildman–Crippen LogP) is 3.35. The maximum atomic E-state index is 12.8. The standard InChI is InChI=1S/C22H33F3N4O/c1-17(2)8-11-28-12-14-29(15-13-28)21(9-10-21)16-26-20(30)7-6-18-4-3-5-19(27-18)22(23,24)25/h3-5,17H,6-16H2,1-2H3,(H,26,30). The molecule has 0 spiro atoms. The largest absolute Gasteiger partial charge is 0.433 e. The number of carbonyl (C=O) groups is 1. The minimum Gasteiger partial charge on any atom is -0.354 e. The van der Waals surface area contributed by atoms with Crippen LogP contribution in [0, 0.1) is 5.92 Å². The molecule has 2 fully saturated rings. The summed E-state index contributed by atoms with van der Waals surface area (Å²) >= 11 is 0. The molecule has 0 unspecified atom stereocenters. The van der Waals surface area contributed by atoms with E-state index in [1.54, 1.807) is 0 Å². The molecule has 1 aromatic heterocycles. The summed E-state index contributed by atoms with van der Waals surface area (Å²) < 4.78 is 38.3. The molecule has 168 valence electrons. The van der Waals surface area contributed by atoms with Crippen molar-refractivity contribution in [3.8, 4) is 0 Å². The number of halogens is 3. The Labute approximate surface area is 177 Å². The van der Waals surface area contributed by atoms with Crippen molar-refractivity contribution in [3.05, 3.63) is 29.6 Å². The number of pyridine rings is 1. The van der Waals surface area contributed by atoms with Gasteiger partial charge in [-0.1, -0.05) is 19.9 Å². The number of nitrogens with one attached hydrogen (secondary N) is 1. The van der Waals surface area contributed by atoms with Gasteiger partial charge in [-0.25, -0.2) is 4.98 Å². The number of carbonyl (C=O) groups excluding carboxylic acids is 1. The number of alkyl halides is 3. The second-order valence-corrected chi connectivity index (χ2v) is 9.02. The first kappa shape index (κ1) is 23.0. The molecule has 1 N–H and O–H groups in total. The molecule has 30 heavy (non-hydrogen) atoms. The zero-order chi connectivity index (χ0) is 21.8. The molecule has 1 saturated heterocycles. The number of nitrogens with zero attached hydrogens (tertiary/aromatic N) is 3. The lowest BCUT2D eigenvalue weighted by Gasteiger charge is -2.40. The third-order valence-corrected chi connectivity index (χ3v) is 6.21. The van der Waals surface area contributed by atoms with E-state index in [-0.39, 0.29) is 24.3 Å². The number of hydrogen-bond acceptors (Lipinski definition) is 4. The van der Waals surface area contributed by atoms with Crippen LogP contribution in [0.5, 0.6) is 0 Å². The second kappa shape index (κ2) is 9.64. The third kappa shape index (κ3) is 6.41. The molecule has 2 aliphatic rings. The van der Waals surface area contributed by atoms with Crippen LogP contribution in [-0.4, -0.2) is 65.5 Å². The van der Waals surface area contributed by atoms with Crippen LogP contribution in [0.15, 0.2) is 18.2 Å². The van der Waals surface area contributed by atoms with E-state index in [9.17, 15) is 18.0 Å². The van der Waals surface area contributed by atoms with Crippen LogP contribution >= 0.6 is 0 Å². The summed E-state index contributed by atoms with van der Waals surface area (Å²) in [6.45, 7) is 10.5. The molecule has 2 heterocycles. The topological polar surface area (TPSA) is 48.5 Å². The van der Waals surface area contributed by atoms with Crippen LogP contribution in [0.25, 0.3) is 0 Å². The number of rotatable bonds is 9. The van der Waals surface area contributed by atoms with Crippen molar-refractivity contribution < 1.29 is 18.0 Å². The summed E-state index contributed by atoms with van der Waals surface area (Å²) in [7, 11) is 0. The summed E-state index contributed by atoms with van der Waals surface area (Å²) in [6.07, 6.45) is -0.703. The molecule has 1 amide bonds. The summed E-state index contributed by atoms with van der Waals surface area (Å²) in [5, 5.41) is 3.00. The zero-order valence-electron chi connectivity index (χ0n) is 18.0. The quantitative estimate of drug-likeness (QED) is 0.658. The minimum atomic E-state index is -4.46. The fraction of sp³-hybridized carbons (Fsp3) is 0.727. The Morgan fingerprint density at radius 1 is 1.20 bits per heavy atom. The van der Waals surface area contributed by atoms with Crippen LogP contribution in [0.3, 0.4) is 0 Å². The lowest BCUT2D eigenvalue weighted by atomic mass is 10.1. The van der Waals surface area contributed by atoms with E-state index in [1.807, 2.05) is 0 Å². The highest BCUT2D eigenvalue weighted by molar-refractivity contribution is 5.76. The average Bonchev–Trinajstić information content (AvgIpc) is 3.50. The molecule has 3 rings (SSSR count). The van der Waals surface area contributed by atoms with Crippen molar-refractivity contribution in [2.24, 2.45) is 5.92 Å². The highest BCUT2D eigenvalue weighted by Crippen LogP contribution is 2.41. The van der Waals surface area contributed by atoms with Crippen molar-refractivity contribution in [2.45, 2.75) is 57.7 Å². The van der Waals surface area contributed by atoms with E-state index < -0.39 is 11.9 Å². The van der Waals surface area contributed by atoms with Gasteiger partial charge >= 0.3 is 6.18 Å². The summed E-state index contributed by atoms with van der Waals surface area (Å²) in [5.74, 6) is 0.593. The van der Waals surface area contributed by atoms with Gasteiger partial charge in [-0.15, -0.1) is 0 Å². The van der Waals surface area contributed by atoms with Crippen LogP contribution in [0.2, 0.25) is 0 Å². The fourth-order valence-corrected chi connectivity index (χ4v) is 4.01. The SMILES string of the molecule is CC(C)CCN1CCN(C2(CNC(=O)CCc3cccc(C(F)(F)F)n3)CC2)CC1. The number of aromatic nitrogens is 1. The Hall–Kier alpha value is -1.67. The van der Waals surface area contributed by atoms with Crippen molar-refractivity contribution in [3.63, 3.8) is 0 Å². The van der Waals surface area contributed by atoms with Gasteiger partial charge in [-0.2, -0.15) is 13.2 Å². The van der Waals surface area contributed by atoms with Gasteiger partial charge in [-0.05, 0) is 50.3 Å². The zero-order valence-corrected chi connectivity index (χ0v) is 18.0. The van der Waals surface area contributed by atoms with Gasteiger partial charge in [-0.3, -0.25) is 9.69 Å². The molecule has 1 saturated carbocycles. The number of aryl methyl sites for hydroxylation is 1. The molecule has 1 aromatic rings. The normalized spacial score (nSPS) is 19.8. The minimum absolute atomic E-state index is 0.0776. The fourth-order valence-electron chi connectivity index (χ4n) is 4.01. The molecule has 1 aliphatic heterocycles. The molecule has 8 heteroatoms. The van der Waals surface area contributed by atoms with Crippen LogP contribution in [-0.2, 0) is 17.4 Å². The maximum absolute atomic E-state index is 12.8. The Kier molecular flexibility index (Phi) is 7.39. The van der Waals surface area contributed by atoms with E-state index >= 15 is 0 Å². The molecular weight excluding hydrogens is 393 g/mol. The average molecular weight is 427 g/mol. The van der Waals surface area contributed by atoms with Crippen molar-refractivity contribution in [2.75, 3.05) is 39.3 Å². The molecule has 1 aliphatic carbocycles. The Balaban J connectivity index is 1.40. The number of amides is 1. The predicted molar refractivity (Wildman–Crippen MR) is 110 cm³/mol. The molecule has 0 bridgehead atoms. The van der Waals surface area contributed by atoms with Crippen LogP contribution in [0.4, 0.5) is 13.2 Å². The summed E-state index contributed by atoms with van der Waals surface area (Å²) in [4.78, 5) is 20.9. The second-order valence-electron chi connectivity index (χ2n) is 9.02. The molecular formula is C22H33F3N4O. The van der Waals surface area contributed by atoms with Gasteiger partial charge in [0.15, 0.2) is 0 Å². The van der Waals surface area contributed by atoms with E-state index in [0.717, 1.165) is 57.5 Å². The first-order valence-electron chi connectivity index (χ1n) is 11.0. The molecule has 0 radical (unpaired) electrons. The Morgan fingerprint density at radius 3 is 2.50 bits per heavy atom. The smallest absolute Gasteiger partial charge is 0.354 e. The number of hydrogen-bond donors (Lipinski definition) is 1.